The topological polar surface area (TPSA) is 21.3 Å². The van der Waals surface area contributed by atoms with E-state index in [2.05, 4.69) is 21.2 Å². The molecule has 0 aliphatic rings. The fraction of sp³-hybridized carbons (Fsp3) is 0.500. The van der Waals surface area contributed by atoms with E-state index >= 15 is 0 Å². The molecule has 0 fully saturated rings. The number of nitrogens with one attached hydrogen (secondary N) is 1. The summed E-state index contributed by atoms with van der Waals surface area (Å²) >= 11 is 3.28. The van der Waals surface area contributed by atoms with Crippen molar-refractivity contribution in [3.8, 4) is 0 Å². The molecule has 0 amide bonds. The monoisotopic (exact) mass is 289 g/mol. The second-order valence-electron chi connectivity index (χ2n) is 3.62. The number of hydrogen-bond acceptors (Lipinski definition) is 2. The minimum Gasteiger partial charge on any atom is -0.383 e. The molecule has 1 aromatic rings. The van der Waals surface area contributed by atoms with Crippen LogP contribution in [0.25, 0.3) is 0 Å². The number of hydrogen-bond donors (Lipinski definition) is 1. The lowest BCUT2D eigenvalue weighted by molar-refractivity contribution is 0.199. The average molecular weight is 290 g/mol. The zero-order chi connectivity index (χ0) is 11.8. The Morgan fingerprint density at radius 1 is 1.31 bits per heavy atom. The van der Waals surface area contributed by atoms with Gasteiger partial charge < -0.3 is 10.1 Å². The lowest BCUT2D eigenvalue weighted by atomic mass is 10.1. The molecule has 16 heavy (non-hydrogen) atoms. The van der Waals surface area contributed by atoms with Gasteiger partial charge in [0.2, 0.25) is 0 Å². The van der Waals surface area contributed by atoms with Crippen LogP contribution < -0.4 is 5.32 Å². The highest BCUT2D eigenvalue weighted by Gasteiger charge is 1.98. The predicted molar refractivity (Wildman–Crippen MR) is 67.2 cm³/mol. The third-order valence-corrected chi connectivity index (χ3v) is 2.68. The molecule has 90 valence electrons. The highest BCUT2D eigenvalue weighted by Crippen LogP contribution is 2.15. The smallest absolute Gasteiger partial charge is 0.124 e. The molecule has 0 aromatic heterocycles. The third-order valence-electron chi connectivity index (χ3n) is 2.22. The van der Waals surface area contributed by atoms with E-state index in [0.717, 1.165) is 42.6 Å². The van der Waals surface area contributed by atoms with E-state index in [9.17, 15) is 4.39 Å². The summed E-state index contributed by atoms with van der Waals surface area (Å²) in [5, 5.41) is 3.26. The molecule has 0 spiro atoms. The molecule has 0 atom stereocenters. The van der Waals surface area contributed by atoms with Crippen molar-refractivity contribution in [3.63, 3.8) is 0 Å². The van der Waals surface area contributed by atoms with Crippen LogP contribution in [-0.4, -0.2) is 26.8 Å². The van der Waals surface area contributed by atoms with Crippen LogP contribution >= 0.6 is 15.9 Å². The van der Waals surface area contributed by atoms with Crippen LogP contribution in [0.5, 0.6) is 0 Å². The van der Waals surface area contributed by atoms with Gasteiger partial charge in [-0.2, -0.15) is 0 Å². The number of ether oxygens (including phenoxy) is 1. The molecule has 0 radical (unpaired) electrons. The van der Waals surface area contributed by atoms with Crippen molar-refractivity contribution in [3.05, 3.63) is 34.1 Å². The molecule has 0 aliphatic carbocycles. The van der Waals surface area contributed by atoms with E-state index < -0.39 is 0 Å². The quantitative estimate of drug-likeness (QED) is 0.780. The summed E-state index contributed by atoms with van der Waals surface area (Å²) in [6, 6.07) is 5.01. The number of halogens is 2. The van der Waals surface area contributed by atoms with Gasteiger partial charge in [0.1, 0.15) is 5.82 Å². The van der Waals surface area contributed by atoms with E-state index in [1.807, 2.05) is 6.07 Å². The molecule has 0 bridgehead atoms. The Kier molecular flexibility index (Phi) is 6.61. The number of aryl methyl sites for hydroxylation is 1. The zero-order valence-electron chi connectivity index (χ0n) is 9.43. The van der Waals surface area contributed by atoms with Gasteiger partial charge in [-0.25, -0.2) is 4.39 Å². The van der Waals surface area contributed by atoms with Crippen molar-refractivity contribution in [1.29, 1.82) is 0 Å². The predicted octanol–water partition coefficient (Wildman–Crippen LogP) is 2.76. The highest BCUT2D eigenvalue weighted by molar-refractivity contribution is 9.10. The van der Waals surface area contributed by atoms with Crippen LogP contribution in [0.3, 0.4) is 0 Å². The average Bonchev–Trinajstić information content (AvgIpc) is 2.22. The first-order chi connectivity index (χ1) is 7.72. The summed E-state index contributed by atoms with van der Waals surface area (Å²) in [5.74, 6) is -0.184. The molecule has 0 unspecified atom stereocenters. The molecule has 4 heteroatoms. The standard InChI is InChI=1S/C12H17BrFNO/c1-16-6-5-15-4-2-3-10-7-11(13)9-12(14)8-10/h7-9,15H,2-6H2,1H3. The highest BCUT2D eigenvalue weighted by atomic mass is 79.9. The summed E-state index contributed by atoms with van der Waals surface area (Å²) in [7, 11) is 1.69. The van der Waals surface area contributed by atoms with Gasteiger partial charge in [0.05, 0.1) is 6.61 Å². The first-order valence-electron chi connectivity index (χ1n) is 5.37. The largest absolute Gasteiger partial charge is 0.383 e. The number of methoxy groups -OCH3 is 1. The maximum absolute atomic E-state index is 13.0. The summed E-state index contributed by atoms with van der Waals surface area (Å²) in [5.41, 5.74) is 1.03. The summed E-state index contributed by atoms with van der Waals surface area (Å²) in [4.78, 5) is 0. The maximum atomic E-state index is 13.0. The number of benzene rings is 1. The molecule has 0 heterocycles. The van der Waals surface area contributed by atoms with E-state index in [1.165, 1.54) is 6.07 Å². The number of rotatable bonds is 7. The Hall–Kier alpha value is -0.450. The fourth-order valence-electron chi connectivity index (χ4n) is 1.47. The Balaban J connectivity index is 2.21. The van der Waals surface area contributed by atoms with Gasteiger partial charge in [-0.3, -0.25) is 0 Å². The third kappa shape index (κ3) is 5.58. The van der Waals surface area contributed by atoms with E-state index in [1.54, 1.807) is 13.2 Å². The van der Waals surface area contributed by atoms with Crippen LogP contribution in [0.1, 0.15) is 12.0 Å². The van der Waals surface area contributed by atoms with Crippen LogP contribution in [0.4, 0.5) is 4.39 Å². The van der Waals surface area contributed by atoms with Gasteiger partial charge >= 0.3 is 0 Å². The van der Waals surface area contributed by atoms with Gasteiger partial charge in [0, 0.05) is 18.1 Å². The maximum Gasteiger partial charge on any atom is 0.124 e. The Morgan fingerprint density at radius 2 is 2.12 bits per heavy atom. The van der Waals surface area contributed by atoms with Crippen LogP contribution in [0.2, 0.25) is 0 Å². The molecule has 0 saturated heterocycles. The van der Waals surface area contributed by atoms with E-state index in [-0.39, 0.29) is 5.82 Å². The second-order valence-corrected chi connectivity index (χ2v) is 4.54. The van der Waals surface area contributed by atoms with Crippen molar-refractivity contribution < 1.29 is 9.13 Å². The Morgan fingerprint density at radius 3 is 2.81 bits per heavy atom. The summed E-state index contributed by atoms with van der Waals surface area (Å²) in [6.07, 6.45) is 1.88. The van der Waals surface area contributed by atoms with Crippen LogP contribution in [0, 0.1) is 5.82 Å². The summed E-state index contributed by atoms with van der Waals surface area (Å²) < 4.78 is 18.8. The fourth-order valence-corrected chi connectivity index (χ4v) is 1.98. The van der Waals surface area contributed by atoms with Gasteiger partial charge in [0.15, 0.2) is 0 Å². The Bertz CT molecular complexity index is 300. The lowest BCUT2D eigenvalue weighted by Gasteiger charge is -2.05. The summed E-state index contributed by atoms with van der Waals surface area (Å²) in [6.45, 7) is 2.52. The van der Waals surface area contributed by atoms with Crippen molar-refractivity contribution in [2.75, 3.05) is 26.8 Å². The van der Waals surface area contributed by atoms with Gasteiger partial charge in [-0.1, -0.05) is 15.9 Å². The minimum atomic E-state index is -0.184. The molecule has 2 nitrogen and oxygen atoms in total. The molecular weight excluding hydrogens is 273 g/mol. The molecule has 0 saturated carbocycles. The van der Waals surface area contributed by atoms with Crippen LogP contribution in [0.15, 0.2) is 22.7 Å². The van der Waals surface area contributed by atoms with Gasteiger partial charge in [0.25, 0.3) is 0 Å². The second kappa shape index (κ2) is 7.76. The molecule has 1 rings (SSSR count). The SMILES string of the molecule is COCCNCCCc1cc(F)cc(Br)c1. The van der Waals surface area contributed by atoms with Gasteiger partial charge in [-0.05, 0) is 43.1 Å². The van der Waals surface area contributed by atoms with Crippen molar-refractivity contribution in [2.45, 2.75) is 12.8 Å². The zero-order valence-corrected chi connectivity index (χ0v) is 11.0. The van der Waals surface area contributed by atoms with E-state index in [0.29, 0.717) is 0 Å². The first kappa shape index (κ1) is 13.6. The van der Waals surface area contributed by atoms with Crippen molar-refractivity contribution >= 4 is 15.9 Å². The molecular formula is C12H17BrFNO. The Labute approximate surface area is 104 Å². The lowest BCUT2D eigenvalue weighted by Crippen LogP contribution is -2.20. The first-order valence-corrected chi connectivity index (χ1v) is 6.16. The molecule has 1 aromatic carbocycles. The van der Waals surface area contributed by atoms with Gasteiger partial charge in [-0.15, -0.1) is 0 Å². The van der Waals surface area contributed by atoms with Crippen molar-refractivity contribution in [2.24, 2.45) is 0 Å². The normalized spacial score (nSPS) is 10.7. The van der Waals surface area contributed by atoms with Crippen LogP contribution in [-0.2, 0) is 11.2 Å². The van der Waals surface area contributed by atoms with Crippen molar-refractivity contribution in [1.82, 2.24) is 5.32 Å². The minimum absolute atomic E-state index is 0.184. The molecule has 0 aliphatic heterocycles. The van der Waals surface area contributed by atoms with E-state index in [4.69, 9.17) is 4.74 Å². The molecule has 1 N–H and O–H groups in total.